The Labute approximate surface area is 152 Å². The van der Waals surface area contributed by atoms with Gasteiger partial charge in [-0.1, -0.05) is 19.8 Å². The van der Waals surface area contributed by atoms with Gasteiger partial charge >= 0.3 is 21.3 Å². The molecule has 9 heteroatoms. The van der Waals surface area contributed by atoms with E-state index in [1.54, 1.807) is 0 Å². The van der Waals surface area contributed by atoms with Crippen molar-refractivity contribution in [3.05, 3.63) is 0 Å². The van der Waals surface area contributed by atoms with Crippen LogP contribution in [-0.4, -0.2) is 41.5 Å². The molecule has 4 rings (SSSR count). The maximum absolute atomic E-state index is 13.4. The Balaban J connectivity index is 1.76. The first kappa shape index (κ1) is 19.9. The molecule has 6 atom stereocenters. The zero-order valence-corrected chi connectivity index (χ0v) is 15.6. The van der Waals surface area contributed by atoms with Gasteiger partial charge in [0, 0.05) is 5.92 Å². The molecule has 26 heavy (non-hydrogen) atoms. The monoisotopic (exact) mass is 396 g/mol. The van der Waals surface area contributed by atoms with Gasteiger partial charge in [0.1, 0.15) is 0 Å². The van der Waals surface area contributed by atoms with E-state index in [1.165, 1.54) is 0 Å². The highest BCUT2D eigenvalue weighted by Crippen LogP contribution is 2.62. The Morgan fingerprint density at radius 3 is 2.58 bits per heavy atom. The lowest BCUT2D eigenvalue weighted by molar-refractivity contribution is -0.217. The Morgan fingerprint density at radius 2 is 1.96 bits per heavy atom. The van der Waals surface area contributed by atoms with Crippen LogP contribution in [0.25, 0.3) is 0 Å². The van der Waals surface area contributed by atoms with Crippen LogP contribution in [0.2, 0.25) is 0 Å². The summed E-state index contributed by atoms with van der Waals surface area (Å²) < 4.78 is 61.3. The minimum atomic E-state index is -5.64. The molecule has 6 unspecified atom stereocenters. The van der Waals surface area contributed by atoms with Crippen LogP contribution in [-0.2, 0) is 19.6 Å². The van der Waals surface area contributed by atoms with Crippen molar-refractivity contribution in [1.29, 1.82) is 0 Å². The van der Waals surface area contributed by atoms with E-state index >= 15 is 0 Å². The fourth-order valence-electron chi connectivity index (χ4n) is 5.56. The van der Waals surface area contributed by atoms with Crippen LogP contribution in [0.3, 0.4) is 0 Å². The molecule has 2 N–H and O–H groups in total. The van der Waals surface area contributed by atoms with Gasteiger partial charge in [-0.2, -0.15) is 17.2 Å². The number of unbranched alkanes of at least 4 members (excludes halogenated alkanes) is 1. The minimum absolute atomic E-state index is 0.0220. The third-order valence-corrected chi connectivity index (χ3v) is 7.55. The maximum Gasteiger partial charge on any atom is 0.402 e. The molecule has 4 fully saturated rings. The number of ether oxygens (including phenoxy) is 1. The van der Waals surface area contributed by atoms with Gasteiger partial charge in [0.05, 0.1) is 11.5 Å². The van der Waals surface area contributed by atoms with Crippen molar-refractivity contribution >= 4 is 16.1 Å². The fourth-order valence-corrected chi connectivity index (χ4v) is 5.77. The first-order valence-corrected chi connectivity index (χ1v) is 10.7. The van der Waals surface area contributed by atoms with Crippen LogP contribution >= 0.6 is 0 Å². The third kappa shape index (κ3) is 3.26. The second-order valence-corrected chi connectivity index (χ2v) is 9.76. The normalized spacial score (nSPS) is 39.2. The summed E-state index contributed by atoms with van der Waals surface area (Å²) in [5.41, 5.74) is -0.987. The van der Waals surface area contributed by atoms with Gasteiger partial charge in [0.25, 0.3) is 0 Å². The highest BCUT2D eigenvalue weighted by atomic mass is 32.2. The lowest BCUT2D eigenvalue weighted by Crippen LogP contribution is -2.63. The number of carbonyl (C=O) groups is 1. The van der Waals surface area contributed by atoms with Crippen LogP contribution in [0.15, 0.2) is 0 Å². The van der Waals surface area contributed by atoms with Crippen molar-refractivity contribution in [2.45, 2.75) is 62.7 Å². The summed E-state index contributed by atoms with van der Waals surface area (Å²) >= 11 is 0. The molecule has 0 radical (unpaired) electrons. The zero-order valence-electron chi connectivity index (χ0n) is 14.7. The molecule has 4 aliphatic rings. The van der Waals surface area contributed by atoms with E-state index < -0.39 is 39.5 Å². The lowest BCUT2D eigenvalue weighted by Gasteiger charge is -2.61. The van der Waals surface area contributed by atoms with E-state index in [0.29, 0.717) is 25.2 Å². The minimum Gasteiger partial charge on any atom is -0.458 e. The van der Waals surface area contributed by atoms with Crippen molar-refractivity contribution in [2.24, 2.45) is 29.6 Å². The predicted octanol–water partition coefficient (Wildman–Crippen LogP) is 2.61. The van der Waals surface area contributed by atoms with Gasteiger partial charge < -0.3 is 9.84 Å². The summed E-state index contributed by atoms with van der Waals surface area (Å²) in [6.07, 6.45) is 5.39. The summed E-state index contributed by atoms with van der Waals surface area (Å²) in [4.78, 5) is 12.5. The number of hydrogen-bond donors (Lipinski definition) is 2. The molecule has 4 bridgehead atoms. The summed E-state index contributed by atoms with van der Waals surface area (Å²) in [6, 6.07) is 0. The fraction of sp³-hybridized carbons (Fsp3) is 0.941. The lowest BCUT2D eigenvalue weighted by atomic mass is 9.45. The highest BCUT2D eigenvalue weighted by molar-refractivity contribution is 7.86. The molecule has 0 aromatic rings. The summed E-state index contributed by atoms with van der Waals surface area (Å²) in [6.45, 7) is 0.309. The van der Waals surface area contributed by atoms with Gasteiger partial charge in [-0.25, -0.2) is 0 Å². The topological polar surface area (TPSA) is 101 Å². The SMILES string of the molecule is CCCCC1(O)C2CC3CC(C2)C(C(=O)OCC(F)(F)S(=O)(=O)O)C1C3. The van der Waals surface area contributed by atoms with Crippen LogP contribution in [0.5, 0.6) is 0 Å². The standard InChI is InChI=1S/C17H26F2O6S/c1-2-3-4-16(21)12-6-10-5-11(8-12)14(13(16)7-10)15(20)25-9-17(18,19)26(22,23)24/h10-14,21H,2-9H2,1H3,(H,22,23,24). The number of carbonyl (C=O) groups excluding carboxylic acids is 1. The molecule has 0 spiro atoms. The summed E-state index contributed by atoms with van der Waals surface area (Å²) in [7, 11) is -5.64. The number of rotatable bonds is 7. The number of hydrogen-bond acceptors (Lipinski definition) is 5. The predicted molar refractivity (Wildman–Crippen MR) is 87.8 cm³/mol. The second kappa shape index (κ2) is 6.67. The smallest absolute Gasteiger partial charge is 0.402 e. The van der Waals surface area contributed by atoms with E-state index in [2.05, 4.69) is 4.74 Å². The van der Waals surface area contributed by atoms with E-state index in [0.717, 1.165) is 25.7 Å². The average Bonchev–Trinajstić information content (AvgIpc) is 2.54. The van der Waals surface area contributed by atoms with Gasteiger partial charge in [-0.15, -0.1) is 0 Å². The van der Waals surface area contributed by atoms with Gasteiger partial charge in [-0.05, 0) is 49.9 Å². The van der Waals surface area contributed by atoms with Crippen molar-refractivity contribution in [1.82, 2.24) is 0 Å². The number of halogens is 2. The van der Waals surface area contributed by atoms with Crippen molar-refractivity contribution < 1.29 is 36.4 Å². The largest absolute Gasteiger partial charge is 0.458 e. The van der Waals surface area contributed by atoms with E-state index in [9.17, 15) is 27.1 Å². The Morgan fingerprint density at radius 1 is 1.27 bits per heavy atom. The zero-order chi connectivity index (χ0) is 19.3. The van der Waals surface area contributed by atoms with Crippen LogP contribution in [0, 0.1) is 29.6 Å². The molecule has 0 aromatic carbocycles. The first-order valence-electron chi connectivity index (χ1n) is 9.23. The molecule has 4 saturated carbocycles. The van der Waals surface area contributed by atoms with Crippen LogP contribution in [0.4, 0.5) is 8.78 Å². The summed E-state index contributed by atoms with van der Waals surface area (Å²) in [5, 5.41) is 6.77. The van der Waals surface area contributed by atoms with Gasteiger partial charge in [0.15, 0.2) is 6.61 Å². The van der Waals surface area contributed by atoms with E-state index in [-0.39, 0.29) is 17.8 Å². The van der Waals surface area contributed by atoms with Crippen LogP contribution in [0.1, 0.15) is 51.9 Å². The number of aliphatic hydroxyl groups is 1. The molecule has 150 valence electrons. The molecule has 4 aliphatic carbocycles. The van der Waals surface area contributed by atoms with E-state index in [4.69, 9.17) is 4.55 Å². The van der Waals surface area contributed by atoms with Gasteiger partial charge in [-0.3, -0.25) is 9.35 Å². The van der Waals surface area contributed by atoms with Crippen molar-refractivity contribution in [2.75, 3.05) is 6.61 Å². The molecule has 0 aliphatic heterocycles. The molecule has 6 nitrogen and oxygen atoms in total. The Kier molecular flexibility index (Phi) is 5.12. The van der Waals surface area contributed by atoms with Crippen molar-refractivity contribution in [3.63, 3.8) is 0 Å². The first-order chi connectivity index (χ1) is 12.0. The second-order valence-electron chi connectivity index (χ2n) is 8.21. The number of esters is 1. The maximum atomic E-state index is 13.4. The highest BCUT2D eigenvalue weighted by Gasteiger charge is 2.62. The molecular formula is C17H26F2O6S. The molecule has 0 aromatic heterocycles. The Hall–Kier alpha value is -0.800. The molecule has 0 heterocycles. The van der Waals surface area contributed by atoms with Crippen molar-refractivity contribution in [3.8, 4) is 0 Å². The Bertz CT molecular complexity index is 666. The molecule has 0 saturated heterocycles. The molecular weight excluding hydrogens is 370 g/mol. The van der Waals surface area contributed by atoms with E-state index in [1.807, 2.05) is 6.92 Å². The molecule has 0 amide bonds. The third-order valence-electron chi connectivity index (χ3n) is 6.68. The van der Waals surface area contributed by atoms with Gasteiger partial charge in [0.2, 0.25) is 0 Å². The number of alkyl halides is 2. The quantitative estimate of drug-likeness (QED) is 0.507. The summed E-state index contributed by atoms with van der Waals surface area (Å²) in [5.74, 6) is -1.38. The average molecular weight is 396 g/mol. The van der Waals surface area contributed by atoms with Crippen LogP contribution < -0.4 is 0 Å².